The second kappa shape index (κ2) is 5.22. The fraction of sp³-hybridized carbons (Fsp3) is 0.300. The number of carbonyl (C=O) groups excluding carboxylic acids is 1. The van der Waals surface area contributed by atoms with Gasteiger partial charge in [0.25, 0.3) is 11.6 Å². The summed E-state index contributed by atoms with van der Waals surface area (Å²) >= 11 is 0. The van der Waals surface area contributed by atoms with E-state index >= 15 is 0 Å². The fourth-order valence-electron chi connectivity index (χ4n) is 1.55. The molecule has 1 rings (SSSR count). The average Bonchev–Trinajstić information content (AvgIpc) is 2.30. The van der Waals surface area contributed by atoms with Gasteiger partial charge in [0.05, 0.1) is 4.92 Å². The summed E-state index contributed by atoms with van der Waals surface area (Å²) in [5.41, 5.74) is 3.16. The van der Waals surface area contributed by atoms with Crippen molar-refractivity contribution in [3.63, 3.8) is 0 Å². The minimum Gasteiger partial charge on any atom is -0.390 e. The molecule has 9 heteroatoms. The second-order valence-corrected chi connectivity index (χ2v) is 3.72. The quantitative estimate of drug-likeness (QED) is 0.617. The summed E-state index contributed by atoms with van der Waals surface area (Å²) in [6, 6.07) is 1.83. The van der Waals surface area contributed by atoms with E-state index < -0.39 is 46.3 Å². The van der Waals surface area contributed by atoms with Crippen LogP contribution in [0.3, 0.4) is 0 Å². The monoisotopic (exact) mass is 278 g/mol. The number of nitrogens with zero attached hydrogens (tertiary/aromatic N) is 1. The zero-order valence-corrected chi connectivity index (χ0v) is 9.35. The van der Waals surface area contributed by atoms with Gasteiger partial charge in [0, 0.05) is 17.7 Å². The van der Waals surface area contributed by atoms with Gasteiger partial charge in [-0.05, 0) is 6.07 Å². The zero-order valence-electron chi connectivity index (χ0n) is 9.35. The first-order valence-corrected chi connectivity index (χ1v) is 4.92. The summed E-state index contributed by atoms with van der Waals surface area (Å²) in [5.74, 6) is -9.36. The number of aliphatic hydroxyl groups is 1. The SMILES string of the molecule is NC(=O)C(c1cc([N+](=O)[O-])ccc1F)C(F)(F)CO. The van der Waals surface area contributed by atoms with Gasteiger partial charge in [0.2, 0.25) is 5.91 Å². The van der Waals surface area contributed by atoms with E-state index in [1.54, 1.807) is 0 Å². The van der Waals surface area contributed by atoms with E-state index in [2.05, 4.69) is 0 Å². The Balaban J connectivity index is 3.42. The number of nitro groups is 1. The number of rotatable bonds is 5. The highest BCUT2D eigenvalue weighted by Crippen LogP contribution is 2.35. The van der Waals surface area contributed by atoms with Gasteiger partial charge in [-0.3, -0.25) is 14.9 Å². The summed E-state index contributed by atoms with van der Waals surface area (Å²) in [6.07, 6.45) is 0. The van der Waals surface area contributed by atoms with Crippen molar-refractivity contribution in [3.8, 4) is 0 Å². The molecule has 1 aromatic carbocycles. The molecule has 0 saturated carbocycles. The number of benzene rings is 1. The van der Waals surface area contributed by atoms with E-state index in [1.807, 2.05) is 0 Å². The lowest BCUT2D eigenvalue weighted by Crippen LogP contribution is -2.39. The number of nitro benzene ring substituents is 1. The first-order valence-electron chi connectivity index (χ1n) is 4.92. The van der Waals surface area contributed by atoms with Crippen LogP contribution in [0, 0.1) is 15.9 Å². The number of hydrogen-bond acceptors (Lipinski definition) is 4. The zero-order chi connectivity index (χ0) is 14.8. The van der Waals surface area contributed by atoms with Crippen LogP contribution in [0.15, 0.2) is 18.2 Å². The molecule has 0 aliphatic rings. The Morgan fingerprint density at radius 3 is 2.53 bits per heavy atom. The molecular weight excluding hydrogens is 269 g/mol. The van der Waals surface area contributed by atoms with E-state index in [-0.39, 0.29) is 0 Å². The van der Waals surface area contributed by atoms with Crippen molar-refractivity contribution in [1.29, 1.82) is 0 Å². The number of alkyl halides is 2. The van der Waals surface area contributed by atoms with Crippen molar-refractivity contribution >= 4 is 11.6 Å². The Bertz CT molecular complexity index is 521. The molecule has 19 heavy (non-hydrogen) atoms. The summed E-state index contributed by atoms with van der Waals surface area (Å²) in [7, 11) is 0. The van der Waals surface area contributed by atoms with Gasteiger partial charge < -0.3 is 10.8 Å². The molecule has 0 fully saturated rings. The van der Waals surface area contributed by atoms with Crippen molar-refractivity contribution < 1.29 is 28.0 Å². The van der Waals surface area contributed by atoms with Gasteiger partial charge in [0.15, 0.2) is 0 Å². The molecule has 0 saturated heterocycles. The van der Waals surface area contributed by atoms with Crippen molar-refractivity contribution in [2.45, 2.75) is 11.8 Å². The third kappa shape index (κ3) is 2.99. The second-order valence-electron chi connectivity index (χ2n) is 3.72. The fourth-order valence-corrected chi connectivity index (χ4v) is 1.55. The molecule has 1 amide bonds. The number of carbonyl (C=O) groups is 1. The molecule has 1 unspecified atom stereocenters. The summed E-state index contributed by atoms with van der Waals surface area (Å²) < 4.78 is 40.2. The maximum Gasteiger partial charge on any atom is 0.286 e. The third-order valence-corrected chi connectivity index (χ3v) is 2.42. The van der Waals surface area contributed by atoms with Crippen molar-refractivity contribution in [1.82, 2.24) is 0 Å². The molecule has 1 aromatic rings. The minimum atomic E-state index is -4.03. The van der Waals surface area contributed by atoms with E-state index in [0.29, 0.717) is 12.1 Å². The molecule has 0 aromatic heterocycles. The maximum atomic E-state index is 13.5. The number of hydrogen-bond donors (Lipinski definition) is 2. The average molecular weight is 278 g/mol. The van der Waals surface area contributed by atoms with Crippen LogP contribution in [0.1, 0.15) is 11.5 Å². The highest BCUT2D eigenvalue weighted by Gasteiger charge is 2.45. The predicted molar refractivity (Wildman–Crippen MR) is 57.0 cm³/mol. The predicted octanol–water partition coefficient (Wildman–Crippen LogP) is 0.930. The Hall–Kier alpha value is -2.16. The first-order chi connectivity index (χ1) is 8.70. The third-order valence-electron chi connectivity index (χ3n) is 2.42. The first kappa shape index (κ1) is 14.9. The van der Waals surface area contributed by atoms with Gasteiger partial charge in [-0.1, -0.05) is 0 Å². The number of halogens is 3. The van der Waals surface area contributed by atoms with Crippen LogP contribution in [0.25, 0.3) is 0 Å². The van der Waals surface area contributed by atoms with Crippen LogP contribution >= 0.6 is 0 Å². The van der Waals surface area contributed by atoms with Gasteiger partial charge >= 0.3 is 0 Å². The Morgan fingerprint density at radius 2 is 2.11 bits per heavy atom. The molecule has 0 aliphatic carbocycles. The molecule has 0 aliphatic heterocycles. The standard InChI is InChI=1S/C10H9F3N2O4/c11-7-2-1-5(15(18)19)3-6(7)8(9(14)17)10(12,13)4-16/h1-3,8,16H,4H2,(H2,14,17). The normalized spacial score (nSPS) is 13.1. The molecule has 104 valence electrons. The molecule has 0 radical (unpaired) electrons. The lowest BCUT2D eigenvalue weighted by molar-refractivity contribution is -0.385. The van der Waals surface area contributed by atoms with Crippen LogP contribution in [0.5, 0.6) is 0 Å². The number of primary amides is 1. The minimum absolute atomic E-state index is 0.494. The number of amides is 1. The van der Waals surface area contributed by atoms with E-state index in [4.69, 9.17) is 10.8 Å². The van der Waals surface area contributed by atoms with Crippen LogP contribution in [-0.4, -0.2) is 28.5 Å². The maximum absolute atomic E-state index is 13.5. The highest BCUT2D eigenvalue weighted by atomic mass is 19.3. The largest absolute Gasteiger partial charge is 0.390 e. The molecule has 1 atom stereocenters. The Morgan fingerprint density at radius 1 is 1.53 bits per heavy atom. The smallest absolute Gasteiger partial charge is 0.286 e. The van der Waals surface area contributed by atoms with Gasteiger partial charge in [-0.2, -0.15) is 0 Å². The van der Waals surface area contributed by atoms with Crippen molar-refractivity contribution in [3.05, 3.63) is 39.7 Å². The van der Waals surface area contributed by atoms with Gasteiger partial charge in [-0.25, -0.2) is 13.2 Å². The lowest BCUT2D eigenvalue weighted by Gasteiger charge is -2.22. The number of aliphatic hydroxyl groups excluding tert-OH is 1. The topological polar surface area (TPSA) is 106 Å². The Kier molecular flexibility index (Phi) is 4.10. The van der Waals surface area contributed by atoms with E-state index in [0.717, 1.165) is 6.07 Å². The highest BCUT2D eigenvalue weighted by molar-refractivity contribution is 5.83. The molecule has 6 nitrogen and oxygen atoms in total. The van der Waals surface area contributed by atoms with E-state index in [9.17, 15) is 28.1 Å². The van der Waals surface area contributed by atoms with Crippen LogP contribution in [0.2, 0.25) is 0 Å². The van der Waals surface area contributed by atoms with Crippen LogP contribution < -0.4 is 5.73 Å². The van der Waals surface area contributed by atoms with Gasteiger partial charge in [-0.15, -0.1) is 0 Å². The summed E-state index contributed by atoms with van der Waals surface area (Å²) in [5, 5.41) is 19.0. The summed E-state index contributed by atoms with van der Waals surface area (Å²) in [6.45, 7) is -1.75. The van der Waals surface area contributed by atoms with Gasteiger partial charge in [0.1, 0.15) is 18.3 Å². The Labute approximate surface area is 104 Å². The molecular formula is C10H9F3N2O4. The van der Waals surface area contributed by atoms with Crippen molar-refractivity contribution in [2.24, 2.45) is 5.73 Å². The van der Waals surface area contributed by atoms with E-state index in [1.165, 1.54) is 0 Å². The van der Waals surface area contributed by atoms with Crippen molar-refractivity contribution in [2.75, 3.05) is 6.61 Å². The lowest BCUT2D eigenvalue weighted by atomic mass is 9.91. The number of non-ortho nitro benzene ring substituents is 1. The molecule has 0 spiro atoms. The number of nitrogens with two attached hydrogens (primary N) is 1. The molecule has 3 N–H and O–H groups in total. The van der Waals surface area contributed by atoms with Crippen LogP contribution in [-0.2, 0) is 4.79 Å². The molecule has 0 heterocycles. The van der Waals surface area contributed by atoms with Crippen LogP contribution in [0.4, 0.5) is 18.9 Å². The summed E-state index contributed by atoms with van der Waals surface area (Å²) in [4.78, 5) is 20.6. The molecule has 0 bridgehead atoms.